The molecule has 1 aromatic carbocycles. The van der Waals surface area contributed by atoms with Crippen LogP contribution in [0, 0.1) is 11.8 Å². The molecule has 0 heterocycles. The van der Waals surface area contributed by atoms with Gasteiger partial charge in [0.15, 0.2) is 0 Å². The molecule has 0 aliphatic heterocycles. The van der Waals surface area contributed by atoms with Gasteiger partial charge in [0, 0.05) is 0 Å². The second kappa shape index (κ2) is 6.61. The van der Waals surface area contributed by atoms with Crippen LogP contribution >= 0.6 is 0 Å². The van der Waals surface area contributed by atoms with Gasteiger partial charge < -0.3 is 9.84 Å². The molecule has 0 saturated carbocycles. The van der Waals surface area contributed by atoms with Crippen molar-refractivity contribution in [3.8, 4) is 5.75 Å². The second-order valence-electron chi connectivity index (χ2n) is 5.78. The molecule has 21 heavy (non-hydrogen) atoms. The standard InChI is InChI=1S/C18H22O3/c1-12-7-13(2)14(3)16(8-12)11-21-17-6-4-5-15(9-17)10-18(19)20/h4-9,13-14H,10-11H2,1-3H3,(H,19,20). The van der Waals surface area contributed by atoms with Gasteiger partial charge in [0.05, 0.1) is 6.42 Å². The molecule has 0 aromatic heterocycles. The van der Waals surface area contributed by atoms with E-state index in [1.807, 2.05) is 12.1 Å². The average Bonchev–Trinajstić information content (AvgIpc) is 2.41. The predicted molar refractivity (Wildman–Crippen MR) is 83.4 cm³/mol. The molecule has 2 atom stereocenters. The number of ether oxygens (including phenoxy) is 1. The monoisotopic (exact) mass is 286 g/mol. The molecule has 1 N–H and O–H groups in total. The van der Waals surface area contributed by atoms with Crippen LogP contribution in [0.15, 0.2) is 47.6 Å². The van der Waals surface area contributed by atoms with Gasteiger partial charge in [-0.15, -0.1) is 0 Å². The zero-order chi connectivity index (χ0) is 15.4. The van der Waals surface area contributed by atoms with Crippen LogP contribution in [0.25, 0.3) is 0 Å². The Hall–Kier alpha value is -2.03. The summed E-state index contributed by atoms with van der Waals surface area (Å²) < 4.78 is 5.85. The molecule has 0 amide bonds. The van der Waals surface area contributed by atoms with E-state index in [0.29, 0.717) is 18.4 Å². The molecule has 0 saturated heterocycles. The first kappa shape index (κ1) is 15.4. The van der Waals surface area contributed by atoms with Crippen molar-refractivity contribution >= 4 is 5.97 Å². The number of carbonyl (C=O) groups is 1. The van der Waals surface area contributed by atoms with E-state index >= 15 is 0 Å². The zero-order valence-electron chi connectivity index (χ0n) is 12.8. The van der Waals surface area contributed by atoms with Crippen molar-refractivity contribution in [2.75, 3.05) is 6.61 Å². The maximum absolute atomic E-state index is 10.7. The summed E-state index contributed by atoms with van der Waals surface area (Å²) in [5, 5.41) is 8.83. The van der Waals surface area contributed by atoms with Gasteiger partial charge in [0.2, 0.25) is 0 Å². The molecule has 1 aliphatic rings. The molecule has 0 fully saturated rings. The van der Waals surface area contributed by atoms with Crippen LogP contribution < -0.4 is 4.74 Å². The van der Waals surface area contributed by atoms with Crippen LogP contribution in [0.5, 0.6) is 5.75 Å². The van der Waals surface area contributed by atoms with Gasteiger partial charge in [-0.1, -0.05) is 43.7 Å². The number of allylic oxidation sites excluding steroid dienone is 3. The summed E-state index contributed by atoms with van der Waals surface area (Å²) in [6.45, 7) is 7.08. The highest BCUT2D eigenvalue weighted by molar-refractivity contribution is 5.70. The Labute approximate surface area is 125 Å². The molecule has 0 bridgehead atoms. The maximum atomic E-state index is 10.7. The third kappa shape index (κ3) is 4.22. The average molecular weight is 286 g/mol. The summed E-state index contributed by atoms with van der Waals surface area (Å²) in [6.07, 6.45) is 4.49. The van der Waals surface area contributed by atoms with Gasteiger partial charge in [-0.3, -0.25) is 4.79 Å². The van der Waals surface area contributed by atoms with E-state index in [-0.39, 0.29) is 6.42 Å². The first-order valence-electron chi connectivity index (χ1n) is 7.28. The fraction of sp³-hybridized carbons (Fsp3) is 0.389. The summed E-state index contributed by atoms with van der Waals surface area (Å²) in [7, 11) is 0. The first-order valence-corrected chi connectivity index (χ1v) is 7.28. The molecule has 0 radical (unpaired) electrons. The third-order valence-electron chi connectivity index (χ3n) is 3.97. The first-order chi connectivity index (χ1) is 9.95. The van der Waals surface area contributed by atoms with E-state index in [0.717, 1.165) is 11.3 Å². The number of carboxylic acids is 1. The minimum Gasteiger partial charge on any atom is -0.489 e. The van der Waals surface area contributed by atoms with Crippen LogP contribution in [0.1, 0.15) is 26.3 Å². The fourth-order valence-corrected chi connectivity index (χ4v) is 2.63. The Bertz CT molecular complexity index is 584. The Morgan fingerprint density at radius 1 is 1.33 bits per heavy atom. The molecule has 3 nitrogen and oxygen atoms in total. The molecule has 0 spiro atoms. The molecule has 2 unspecified atom stereocenters. The van der Waals surface area contributed by atoms with Crippen molar-refractivity contribution in [1.29, 1.82) is 0 Å². The number of hydrogen-bond acceptors (Lipinski definition) is 2. The second-order valence-corrected chi connectivity index (χ2v) is 5.78. The van der Waals surface area contributed by atoms with Crippen molar-refractivity contribution < 1.29 is 14.6 Å². The van der Waals surface area contributed by atoms with E-state index in [1.54, 1.807) is 12.1 Å². The quantitative estimate of drug-likeness (QED) is 0.894. The van der Waals surface area contributed by atoms with E-state index in [9.17, 15) is 4.79 Å². The lowest BCUT2D eigenvalue weighted by Crippen LogP contribution is -2.18. The highest BCUT2D eigenvalue weighted by Crippen LogP contribution is 2.29. The van der Waals surface area contributed by atoms with E-state index < -0.39 is 5.97 Å². The van der Waals surface area contributed by atoms with Gasteiger partial charge in [0.1, 0.15) is 12.4 Å². The predicted octanol–water partition coefficient (Wildman–Crippen LogP) is 3.85. The molecular formula is C18H22O3. The van der Waals surface area contributed by atoms with Crippen LogP contribution in [0.3, 0.4) is 0 Å². The number of aliphatic carboxylic acids is 1. The minimum absolute atomic E-state index is 0.0230. The van der Waals surface area contributed by atoms with Crippen molar-refractivity contribution in [2.24, 2.45) is 11.8 Å². The van der Waals surface area contributed by atoms with Gasteiger partial charge in [0.25, 0.3) is 0 Å². The molecule has 3 heteroatoms. The summed E-state index contributed by atoms with van der Waals surface area (Å²) in [4.78, 5) is 10.7. The van der Waals surface area contributed by atoms with E-state index in [4.69, 9.17) is 9.84 Å². The molecule has 1 aromatic rings. The SMILES string of the molecule is CC1=CC(C)C(C)C(COc2cccc(CC(=O)O)c2)=C1. The Morgan fingerprint density at radius 3 is 2.81 bits per heavy atom. The van der Waals surface area contributed by atoms with Crippen molar-refractivity contribution in [3.63, 3.8) is 0 Å². The van der Waals surface area contributed by atoms with Gasteiger partial charge in [-0.2, -0.15) is 0 Å². The number of hydrogen-bond donors (Lipinski definition) is 1. The van der Waals surface area contributed by atoms with Crippen molar-refractivity contribution in [2.45, 2.75) is 27.2 Å². The summed E-state index contributed by atoms with van der Waals surface area (Å²) >= 11 is 0. The summed E-state index contributed by atoms with van der Waals surface area (Å²) in [6, 6.07) is 7.30. The normalized spacial score (nSPS) is 21.5. The topological polar surface area (TPSA) is 46.5 Å². The lowest BCUT2D eigenvalue weighted by Gasteiger charge is -2.25. The third-order valence-corrected chi connectivity index (χ3v) is 3.97. The highest BCUT2D eigenvalue weighted by Gasteiger charge is 2.19. The highest BCUT2D eigenvalue weighted by atomic mass is 16.5. The fourth-order valence-electron chi connectivity index (χ4n) is 2.63. The van der Waals surface area contributed by atoms with E-state index in [2.05, 4.69) is 32.9 Å². The van der Waals surface area contributed by atoms with Crippen molar-refractivity contribution in [1.82, 2.24) is 0 Å². The smallest absolute Gasteiger partial charge is 0.307 e. The number of carboxylic acid groups (broad SMARTS) is 1. The van der Waals surface area contributed by atoms with Crippen LogP contribution in [-0.2, 0) is 11.2 Å². The van der Waals surface area contributed by atoms with Crippen molar-refractivity contribution in [3.05, 3.63) is 53.1 Å². The molecule has 2 rings (SSSR count). The number of rotatable bonds is 5. The van der Waals surface area contributed by atoms with Gasteiger partial charge in [-0.25, -0.2) is 0 Å². The Balaban J connectivity index is 2.03. The number of benzene rings is 1. The van der Waals surface area contributed by atoms with Crippen LogP contribution in [-0.4, -0.2) is 17.7 Å². The van der Waals surface area contributed by atoms with E-state index in [1.165, 1.54) is 11.1 Å². The molecule has 112 valence electrons. The lowest BCUT2D eigenvalue weighted by molar-refractivity contribution is -0.136. The molecular weight excluding hydrogens is 264 g/mol. The van der Waals surface area contributed by atoms with Gasteiger partial charge >= 0.3 is 5.97 Å². The van der Waals surface area contributed by atoms with Crippen LogP contribution in [0.2, 0.25) is 0 Å². The summed E-state index contributed by atoms with van der Waals surface area (Å²) in [5.41, 5.74) is 3.32. The maximum Gasteiger partial charge on any atom is 0.307 e. The zero-order valence-corrected chi connectivity index (χ0v) is 12.8. The Morgan fingerprint density at radius 2 is 2.10 bits per heavy atom. The lowest BCUT2D eigenvalue weighted by atomic mass is 9.83. The van der Waals surface area contributed by atoms with Crippen LogP contribution in [0.4, 0.5) is 0 Å². The summed E-state index contributed by atoms with van der Waals surface area (Å²) in [5.74, 6) is 0.884. The largest absolute Gasteiger partial charge is 0.489 e. The van der Waals surface area contributed by atoms with Gasteiger partial charge in [-0.05, 0) is 42.0 Å². The minimum atomic E-state index is -0.828. The Kier molecular flexibility index (Phi) is 4.84. The molecule has 1 aliphatic carbocycles.